The van der Waals surface area contributed by atoms with Crippen molar-refractivity contribution in [2.75, 3.05) is 0 Å². The first-order valence-electron chi connectivity index (χ1n) is 4.91. The molecule has 2 rings (SSSR count). The van der Waals surface area contributed by atoms with Gasteiger partial charge in [0.1, 0.15) is 0 Å². The van der Waals surface area contributed by atoms with Crippen molar-refractivity contribution < 1.29 is 19.4 Å². The van der Waals surface area contributed by atoms with Gasteiger partial charge < -0.3 is 9.84 Å². The third-order valence-electron chi connectivity index (χ3n) is 2.49. The van der Waals surface area contributed by atoms with Crippen LogP contribution in [-0.2, 0) is 14.3 Å². The van der Waals surface area contributed by atoms with Crippen LogP contribution < -0.4 is 0 Å². The first kappa shape index (κ1) is 11.9. The smallest absolute Gasteiger partial charge is 0.374 e. The first-order chi connectivity index (χ1) is 8.00. The lowest BCUT2D eigenvalue weighted by Crippen LogP contribution is -2.07. The van der Waals surface area contributed by atoms with E-state index in [4.69, 9.17) is 4.74 Å². The molecule has 1 atom stereocenters. The van der Waals surface area contributed by atoms with Gasteiger partial charge in [-0.25, -0.2) is 4.79 Å². The molecule has 0 unspecified atom stereocenters. The Labute approximate surface area is 106 Å². The van der Waals surface area contributed by atoms with Gasteiger partial charge >= 0.3 is 5.97 Å². The molecule has 0 spiro atoms. The Morgan fingerprint density at radius 3 is 2.47 bits per heavy atom. The summed E-state index contributed by atoms with van der Waals surface area (Å²) in [5.74, 6) is -1.82. The van der Waals surface area contributed by atoms with E-state index in [2.05, 4.69) is 15.9 Å². The van der Waals surface area contributed by atoms with Crippen LogP contribution in [0.2, 0.25) is 0 Å². The third-order valence-corrected chi connectivity index (χ3v) is 3.02. The number of carbonyl (C=O) groups excluding carboxylic acids is 2. The molecule has 0 fully saturated rings. The van der Waals surface area contributed by atoms with Crippen LogP contribution in [0, 0.1) is 0 Å². The summed E-state index contributed by atoms with van der Waals surface area (Å²) in [7, 11) is 0. The number of cyclic esters (lactones) is 1. The van der Waals surface area contributed by atoms with Crippen molar-refractivity contribution in [2.45, 2.75) is 13.0 Å². The number of benzene rings is 1. The van der Waals surface area contributed by atoms with Gasteiger partial charge in [-0.15, -0.1) is 0 Å². The molecule has 0 saturated heterocycles. The summed E-state index contributed by atoms with van der Waals surface area (Å²) >= 11 is 3.29. The Morgan fingerprint density at radius 2 is 1.94 bits per heavy atom. The van der Waals surface area contributed by atoms with Gasteiger partial charge in [0, 0.05) is 4.47 Å². The van der Waals surface area contributed by atoms with Gasteiger partial charge in [0.15, 0.2) is 11.9 Å². The van der Waals surface area contributed by atoms with E-state index in [1.54, 1.807) is 24.3 Å². The molecule has 0 saturated carbocycles. The summed E-state index contributed by atoms with van der Waals surface area (Å²) in [6, 6.07) is 7.00. The Bertz CT molecular complexity index is 516. The second-order valence-electron chi connectivity index (χ2n) is 3.66. The number of rotatable bonds is 2. The van der Waals surface area contributed by atoms with E-state index in [-0.39, 0.29) is 11.4 Å². The van der Waals surface area contributed by atoms with Crippen LogP contribution in [0.5, 0.6) is 0 Å². The molecule has 1 aromatic carbocycles. The maximum Gasteiger partial charge on any atom is 0.374 e. The number of esters is 1. The summed E-state index contributed by atoms with van der Waals surface area (Å²) in [5, 5.41) is 9.49. The van der Waals surface area contributed by atoms with Gasteiger partial charge in [0.25, 0.3) is 0 Å². The fourth-order valence-electron chi connectivity index (χ4n) is 1.68. The van der Waals surface area contributed by atoms with E-state index < -0.39 is 17.8 Å². The lowest BCUT2D eigenvalue weighted by atomic mass is 9.99. The van der Waals surface area contributed by atoms with Crippen molar-refractivity contribution in [3.05, 3.63) is 45.6 Å². The Balaban J connectivity index is 2.44. The number of carbonyl (C=O) groups is 2. The van der Waals surface area contributed by atoms with E-state index in [0.29, 0.717) is 5.56 Å². The first-order valence-corrected chi connectivity index (χ1v) is 5.70. The Hall–Kier alpha value is -1.62. The second kappa shape index (κ2) is 4.33. The minimum atomic E-state index is -0.858. The highest BCUT2D eigenvalue weighted by Crippen LogP contribution is 2.35. The zero-order valence-corrected chi connectivity index (χ0v) is 10.5. The summed E-state index contributed by atoms with van der Waals surface area (Å²) < 4.78 is 5.85. The quantitative estimate of drug-likeness (QED) is 0.852. The number of ether oxygens (including phenoxy) is 1. The summed E-state index contributed by atoms with van der Waals surface area (Å²) in [6.45, 7) is 1.29. The molecule has 1 heterocycles. The molecule has 0 aromatic heterocycles. The maximum atomic E-state index is 11.4. The number of aliphatic hydroxyl groups excluding tert-OH is 1. The van der Waals surface area contributed by atoms with Crippen LogP contribution in [0.15, 0.2) is 40.1 Å². The lowest BCUT2D eigenvalue weighted by molar-refractivity contribution is -0.142. The van der Waals surface area contributed by atoms with Crippen molar-refractivity contribution >= 4 is 27.7 Å². The molecule has 1 aromatic rings. The molecule has 1 aliphatic rings. The fraction of sp³-hybridized carbons (Fsp3) is 0.167. The van der Waals surface area contributed by atoms with Crippen LogP contribution in [0.4, 0.5) is 0 Å². The zero-order valence-electron chi connectivity index (χ0n) is 8.94. The molecule has 0 radical (unpaired) electrons. The minimum absolute atomic E-state index is 0.0114. The van der Waals surface area contributed by atoms with E-state index in [9.17, 15) is 14.7 Å². The highest BCUT2D eigenvalue weighted by Gasteiger charge is 2.37. The van der Waals surface area contributed by atoms with E-state index in [1.807, 2.05) is 0 Å². The van der Waals surface area contributed by atoms with Crippen LogP contribution in [0.1, 0.15) is 18.6 Å². The average Bonchev–Trinajstić information content (AvgIpc) is 2.56. The average molecular weight is 297 g/mol. The largest absolute Gasteiger partial charge is 0.501 e. The van der Waals surface area contributed by atoms with Gasteiger partial charge in [-0.3, -0.25) is 4.79 Å². The lowest BCUT2D eigenvalue weighted by Gasteiger charge is -2.12. The van der Waals surface area contributed by atoms with Gasteiger partial charge in [-0.05, 0) is 24.6 Å². The van der Waals surface area contributed by atoms with Crippen molar-refractivity contribution in [1.29, 1.82) is 0 Å². The molecule has 4 nitrogen and oxygen atoms in total. The van der Waals surface area contributed by atoms with Crippen LogP contribution in [0.25, 0.3) is 0 Å². The second-order valence-corrected chi connectivity index (χ2v) is 4.57. The standard InChI is InChI=1S/C12H9BrO4/c1-6(14)9-10(15)12(16)17-11(9)7-2-4-8(13)5-3-7/h2-5,11,15H,1H3/t11-/m0/s1. The minimum Gasteiger partial charge on any atom is -0.501 e. The van der Waals surface area contributed by atoms with Crippen LogP contribution in [0.3, 0.4) is 0 Å². The number of Topliss-reactive ketones (excluding diaryl/α,β-unsaturated/α-hetero) is 1. The summed E-state index contributed by atoms with van der Waals surface area (Å²) in [6.07, 6.45) is -0.812. The number of aliphatic hydroxyl groups is 1. The van der Waals surface area contributed by atoms with Crippen LogP contribution >= 0.6 is 15.9 Å². The number of halogens is 1. The summed E-state index contributed by atoms with van der Waals surface area (Å²) in [4.78, 5) is 22.6. The Morgan fingerprint density at radius 1 is 1.35 bits per heavy atom. The van der Waals surface area contributed by atoms with Gasteiger partial charge in [-0.1, -0.05) is 28.1 Å². The van der Waals surface area contributed by atoms with Crippen molar-refractivity contribution in [2.24, 2.45) is 0 Å². The monoisotopic (exact) mass is 296 g/mol. The molecule has 5 heteroatoms. The predicted molar refractivity (Wildman–Crippen MR) is 63.3 cm³/mol. The fourth-order valence-corrected chi connectivity index (χ4v) is 1.94. The zero-order chi connectivity index (χ0) is 12.6. The van der Waals surface area contributed by atoms with E-state index in [1.165, 1.54) is 6.92 Å². The molecular formula is C12H9BrO4. The number of hydrogen-bond acceptors (Lipinski definition) is 4. The molecule has 0 amide bonds. The third kappa shape index (κ3) is 2.10. The Kier molecular flexibility index (Phi) is 3.02. The molecule has 17 heavy (non-hydrogen) atoms. The maximum absolute atomic E-state index is 11.4. The molecule has 0 bridgehead atoms. The van der Waals surface area contributed by atoms with Gasteiger partial charge in [-0.2, -0.15) is 0 Å². The van der Waals surface area contributed by atoms with Crippen LogP contribution in [-0.4, -0.2) is 16.9 Å². The summed E-state index contributed by atoms with van der Waals surface area (Å²) in [5.41, 5.74) is 0.660. The predicted octanol–water partition coefficient (Wildman–Crippen LogP) is 2.45. The molecule has 88 valence electrons. The molecule has 1 N–H and O–H groups in total. The number of ketones is 1. The number of hydrogen-bond donors (Lipinski definition) is 1. The van der Waals surface area contributed by atoms with Crippen molar-refractivity contribution in [3.8, 4) is 0 Å². The highest BCUT2D eigenvalue weighted by atomic mass is 79.9. The van der Waals surface area contributed by atoms with Crippen molar-refractivity contribution in [1.82, 2.24) is 0 Å². The van der Waals surface area contributed by atoms with Crippen molar-refractivity contribution in [3.63, 3.8) is 0 Å². The van der Waals surface area contributed by atoms with E-state index in [0.717, 1.165) is 4.47 Å². The molecule has 0 aliphatic carbocycles. The topological polar surface area (TPSA) is 63.6 Å². The van der Waals surface area contributed by atoms with Gasteiger partial charge in [0.2, 0.25) is 5.76 Å². The highest BCUT2D eigenvalue weighted by molar-refractivity contribution is 9.10. The van der Waals surface area contributed by atoms with Gasteiger partial charge in [0.05, 0.1) is 5.57 Å². The normalized spacial score (nSPS) is 19.4. The molecular weight excluding hydrogens is 288 g/mol. The molecule has 1 aliphatic heterocycles. The van der Waals surface area contributed by atoms with E-state index >= 15 is 0 Å². The SMILES string of the molecule is CC(=O)C1=C(O)C(=O)O[C@H]1c1ccc(Br)cc1.